The van der Waals surface area contributed by atoms with Gasteiger partial charge in [-0.3, -0.25) is 0 Å². The number of hydrogen-bond acceptors (Lipinski definition) is 3. The second-order valence-electron chi connectivity index (χ2n) is 5.29. The van der Waals surface area contributed by atoms with E-state index in [2.05, 4.69) is 5.32 Å². The van der Waals surface area contributed by atoms with Crippen molar-refractivity contribution in [2.45, 2.75) is 37.3 Å². The predicted octanol–water partition coefficient (Wildman–Crippen LogP) is 1.40. The molecule has 2 rings (SSSR count). The third-order valence-corrected chi connectivity index (χ3v) is 3.82. The van der Waals surface area contributed by atoms with Gasteiger partial charge in [-0.25, -0.2) is 0 Å². The molecule has 94 valence electrons. The van der Waals surface area contributed by atoms with Crippen molar-refractivity contribution in [1.82, 2.24) is 5.32 Å². The molecular formula is C14H21NO2. The van der Waals surface area contributed by atoms with Crippen LogP contribution in [-0.4, -0.2) is 28.9 Å². The number of hydrogen-bond donors (Lipinski definition) is 3. The Hall–Kier alpha value is -0.900. The SMILES string of the molecule is CC(O)(CNC1(CO)CCC1)c1ccccc1. The lowest BCUT2D eigenvalue weighted by Gasteiger charge is -2.43. The maximum Gasteiger partial charge on any atom is 0.0992 e. The number of β-amino-alcohol motifs (C(OH)–C–C–N with tert-alkyl or cyclic N) is 1. The maximum atomic E-state index is 10.4. The zero-order valence-electron chi connectivity index (χ0n) is 10.3. The van der Waals surface area contributed by atoms with Gasteiger partial charge < -0.3 is 15.5 Å². The van der Waals surface area contributed by atoms with E-state index >= 15 is 0 Å². The van der Waals surface area contributed by atoms with Crippen molar-refractivity contribution < 1.29 is 10.2 Å². The van der Waals surface area contributed by atoms with Crippen LogP contribution in [0.3, 0.4) is 0 Å². The molecule has 0 amide bonds. The number of benzene rings is 1. The van der Waals surface area contributed by atoms with Crippen LogP contribution in [0.5, 0.6) is 0 Å². The Kier molecular flexibility index (Phi) is 3.52. The molecule has 0 radical (unpaired) electrons. The van der Waals surface area contributed by atoms with E-state index in [-0.39, 0.29) is 12.1 Å². The van der Waals surface area contributed by atoms with E-state index in [1.165, 1.54) is 0 Å². The average molecular weight is 235 g/mol. The van der Waals surface area contributed by atoms with E-state index < -0.39 is 5.60 Å². The summed E-state index contributed by atoms with van der Waals surface area (Å²) in [6, 6.07) is 9.64. The molecule has 0 spiro atoms. The highest BCUT2D eigenvalue weighted by Gasteiger charge is 2.37. The van der Waals surface area contributed by atoms with E-state index in [4.69, 9.17) is 0 Å². The van der Waals surface area contributed by atoms with Crippen LogP contribution in [0.15, 0.2) is 30.3 Å². The van der Waals surface area contributed by atoms with Gasteiger partial charge in [0.25, 0.3) is 0 Å². The van der Waals surface area contributed by atoms with Crippen LogP contribution in [0, 0.1) is 0 Å². The first kappa shape index (κ1) is 12.6. The molecule has 1 saturated carbocycles. The third kappa shape index (κ3) is 2.68. The molecule has 1 unspecified atom stereocenters. The van der Waals surface area contributed by atoms with Crippen LogP contribution in [0.1, 0.15) is 31.7 Å². The van der Waals surface area contributed by atoms with Gasteiger partial charge >= 0.3 is 0 Å². The topological polar surface area (TPSA) is 52.5 Å². The van der Waals surface area contributed by atoms with Gasteiger partial charge in [0.1, 0.15) is 0 Å². The van der Waals surface area contributed by atoms with Gasteiger partial charge in [-0.05, 0) is 31.7 Å². The summed E-state index contributed by atoms with van der Waals surface area (Å²) in [5, 5.41) is 23.1. The van der Waals surface area contributed by atoms with Crippen LogP contribution in [-0.2, 0) is 5.60 Å². The van der Waals surface area contributed by atoms with Crippen molar-refractivity contribution in [3.8, 4) is 0 Å². The molecule has 17 heavy (non-hydrogen) atoms. The van der Waals surface area contributed by atoms with Gasteiger partial charge in [-0.2, -0.15) is 0 Å². The van der Waals surface area contributed by atoms with Crippen LogP contribution >= 0.6 is 0 Å². The van der Waals surface area contributed by atoms with E-state index in [0.717, 1.165) is 24.8 Å². The average Bonchev–Trinajstić information content (AvgIpc) is 2.29. The molecule has 1 fully saturated rings. The van der Waals surface area contributed by atoms with Crippen molar-refractivity contribution in [2.24, 2.45) is 0 Å². The van der Waals surface area contributed by atoms with E-state index in [9.17, 15) is 10.2 Å². The summed E-state index contributed by atoms with van der Waals surface area (Å²) < 4.78 is 0. The molecule has 1 aromatic carbocycles. The first-order valence-corrected chi connectivity index (χ1v) is 6.22. The fourth-order valence-electron chi connectivity index (χ4n) is 2.25. The Morgan fingerprint density at radius 1 is 1.29 bits per heavy atom. The van der Waals surface area contributed by atoms with Crippen LogP contribution in [0.25, 0.3) is 0 Å². The summed E-state index contributed by atoms with van der Waals surface area (Å²) >= 11 is 0. The Morgan fingerprint density at radius 3 is 2.41 bits per heavy atom. The summed E-state index contributed by atoms with van der Waals surface area (Å²) in [4.78, 5) is 0. The minimum atomic E-state index is -0.890. The Labute approximate surface area is 102 Å². The maximum absolute atomic E-state index is 10.4. The highest BCUT2D eigenvalue weighted by atomic mass is 16.3. The van der Waals surface area contributed by atoms with Crippen LogP contribution < -0.4 is 5.32 Å². The molecule has 1 aliphatic carbocycles. The lowest BCUT2D eigenvalue weighted by molar-refractivity contribution is 0.0203. The quantitative estimate of drug-likeness (QED) is 0.723. The fourth-order valence-corrected chi connectivity index (χ4v) is 2.25. The van der Waals surface area contributed by atoms with Gasteiger partial charge in [-0.1, -0.05) is 30.3 Å². The lowest BCUT2D eigenvalue weighted by atomic mass is 9.77. The smallest absolute Gasteiger partial charge is 0.0992 e. The molecule has 3 N–H and O–H groups in total. The minimum absolute atomic E-state index is 0.151. The van der Waals surface area contributed by atoms with Gasteiger partial charge in [0.05, 0.1) is 12.2 Å². The van der Waals surface area contributed by atoms with Crippen molar-refractivity contribution in [2.75, 3.05) is 13.2 Å². The monoisotopic (exact) mass is 235 g/mol. The van der Waals surface area contributed by atoms with Gasteiger partial charge in [0.2, 0.25) is 0 Å². The summed E-state index contributed by atoms with van der Waals surface area (Å²) in [5.41, 5.74) is -0.141. The molecule has 3 heteroatoms. The first-order valence-electron chi connectivity index (χ1n) is 6.22. The first-order chi connectivity index (χ1) is 8.08. The number of aliphatic hydroxyl groups is 2. The van der Waals surface area contributed by atoms with E-state index in [1.807, 2.05) is 30.3 Å². The largest absolute Gasteiger partial charge is 0.394 e. The number of aliphatic hydroxyl groups excluding tert-OH is 1. The van der Waals surface area contributed by atoms with Crippen molar-refractivity contribution >= 4 is 0 Å². The zero-order valence-corrected chi connectivity index (χ0v) is 10.3. The Bertz CT molecular complexity index is 352. The molecule has 1 aliphatic rings. The molecular weight excluding hydrogens is 214 g/mol. The highest BCUT2D eigenvalue weighted by molar-refractivity contribution is 5.22. The normalized spacial score (nSPS) is 21.6. The Balaban J connectivity index is 1.98. The van der Waals surface area contributed by atoms with Gasteiger partial charge in [-0.15, -0.1) is 0 Å². The predicted molar refractivity (Wildman–Crippen MR) is 67.7 cm³/mol. The van der Waals surface area contributed by atoms with Crippen molar-refractivity contribution in [3.05, 3.63) is 35.9 Å². The summed E-state index contributed by atoms with van der Waals surface area (Å²) in [5.74, 6) is 0. The van der Waals surface area contributed by atoms with Gasteiger partial charge in [0, 0.05) is 12.1 Å². The summed E-state index contributed by atoms with van der Waals surface area (Å²) in [6.45, 7) is 2.43. The standard InChI is InChI=1S/C14H21NO2/c1-13(17,12-6-3-2-4-7-12)10-15-14(11-16)8-5-9-14/h2-4,6-7,15-17H,5,8-11H2,1H3. The van der Waals surface area contributed by atoms with E-state index in [0.29, 0.717) is 6.54 Å². The molecule has 0 aromatic heterocycles. The second kappa shape index (κ2) is 4.77. The zero-order chi connectivity index (χ0) is 12.4. The van der Waals surface area contributed by atoms with Crippen LogP contribution in [0.2, 0.25) is 0 Å². The molecule has 1 aromatic rings. The third-order valence-electron chi connectivity index (χ3n) is 3.82. The van der Waals surface area contributed by atoms with Gasteiger partial charge in [0.15, 0.2) is 0 Å². The Morgan fingerprint density at radius 2 is 1.94 bits per heavy atom. The molecule has 0 aliphatic heterocycles. The van der Waals surface area contributed by atoms with Crippen molar-refractivity contribution in [3.63, 3.8) is 0 Å². The van der Waals surface area contributed by atoms with E-state index in [1.54, 1.807) is 6.92 Å². The van der Waals surface area contributed by atoms with Crippen LogP contribution in [0.4, 0.5) is 0 Å². The molecule has 0 saturated heterocycles. The second-order valence-corrected chi connectivity index (χ2v) is 5.29. The lowest BCUT2D eigenvalue weighted by Crippen LogP contribution is -2.57. The fraction of sp³-hybridized carbons (Fsp3) is 0.571. The van der Waals surface area contributed by atoms with Crippen molar-refractivity contribution in [1.29, 1.82) is 0 Å². The minimum Gasteiger partial charge on any atom is -0.394 e. The number of rotatable bonds is 5. The number of nitrogens with one attached hydrogen (secondary N) is 1. The summed E-state index contributed by atoms with van der Waals surface area (Å²) in [7, 11) is 0. The highest BCUT2D eigenvalue weighted by Crippen LogP contribution is 2.32. The molecule has 0 bridgehead atoms. The molecule has 0 heterocycles. The molecule has 1 atom stereocenters. The molecule has 3 nitrogen and oxygen atoms in total. The summed E-state index contributed by atoms with van der Waals surface area (Å²) in [6.07, 6.45) is 3.14.